The Morgan fingerprint density at radius 2 is 1.60 bits per heavy atom. The molecule has 0 spiro atoms. The van der Waals surface area contributed by atoms with E-state index < -0.39 is 11.6 Å². The van der Waals surface area contributed by atoms with E-state index in [4.69, 9.17) is 0 Å². The van der Waals surface area contributed by atoms with Crippen LogP contribution < -0.4 is 5.32 Å². The second kappa shape index (κ2) is 9.18. The van der Waals surface area contributed by atoms with Crippen LogP contribution >= 0.6 is 0 Å². The minimum Gasteiger partial charge on any atom is -0.349 e. The number of benzene rings is 3. The van der Waals surface area contributed by atoms with Gasteiger partial charge in [0.2, 0.25) is 0 Å². The van der Waals surface area contributed by atoms with Crippen molar-refractivity contribution in [3.05, 3.63) is 95.6 Å². The summed E-state index contributed by atoms with van der Waals surface area (Å²) in [5, 5.41) is 3.13. The molecule has 4 rings (SSSR count). The molecular formula is C25H24F2N2O. The van der Waals surface area contributed by atoms with Crippen LogP contribution in [0.25, 0.3) is 11.1 Å². The highest BCUT2D eigenvalue weighted by Gasteiger charge is 2.21. The molecule has 0 aromatic heterocycles. The highest BCUT2D eigenvalue weighted by atomic mass is 19.2. The quantitative estimate of drug-likeness (QED) is 0.645. The van der Waals surface area contributed by atoms with Gasteiger partial charge < -0.3 is 5.32 Å². The van der Waals surface area contributed by atoms with Crippen molar-refractivity contribution in [2.24, 2.45) is 0 Å². The Hall–Kier alpha value is -3.05. The molecule has 0 unspecified atom stereocenters. The smallest absolute Gasteiger partial charge is 0.251 e. The molecule has 30 heavy (non-hydrogen) atoms. The monoisotopic (exact) mass is 406 g/mol. The number of nitrogens with zero attached hydrogens (tertiary/aromatic N) is 1. The Kier molecular flexibility index (Phi) is 6.19. The van der Waals surface area contributed by atoms with Crippen molar-refractivity contribution in [3.63, 3.8) is 0 Å². The van der Waals surface area contributed by atoms with Gasteiger partial charge in [0.25, 0.3) is 5.91 Å². The lowest BCUT2D eigenvalue weighted by molar-refractivity contribution is 0.0909. The number of hydrogen-bond donors (Lipinski definition) is 1. The molecule has 1 fully saturated rings. The minimum atomic E-state index is -0.836. The van der Waals surface area contributed by atoms with Gasteiger partial charge in [-0.05, 0) is 59.9 Å². The number of rotatable bonds is 5. The number of carbonyl (C=O) groups is 1. The molecule has 0 saturated carbocycles. The standard InChI is InChI=1S/C25H24F2N2O/c26-23-10-9-21(16-24(23)27)20-8-4-5-18(15-20)17-29-13-11-22(12-14-29)28-25(30)19-6-2-1-3-7-19/h1-10,15-16,22H,11-14,17H2,(H,28,30). The van der Waals surface area contributed by atoms with Gasteiger partial charge in [-0.25, -0.2) is 8.78 Å². The van der Waals surface area contributed by atoms with Crippen LogP contribution in [0.15, 0.2) is 72.8 Å². The maximum absolute atomic E-state index is 13.6. The molecule has 1 heterocycles. The van der Waals surface area contributed by atoms with E-state index in [9.17, 15) is 13.6 Å². The maximum atomic E-state index is 13.6. The van der Waals surface area contributed by atoms with Crippen LogP contribution in [0, 0.1) is 11.6 Å². The van der Waals surface area contributed by atoms with E-state index >= 15 is 0 Å². The number of amides is 1. The van der Waals surface area contributed by atoms with Gasteiger partial charge >= 0.3 is 0 Å². The lowest BCUT2D eigenvalue weighted by atomic mass is 10.0. The molecule has 1 amide bonds. The van der Waals surface area contributed by atoms with Crippen LogP contribution in [0.2, 0.25) is 0 Å². The summed E-state index contributed by atoms with van der Waals surface area (Å²) in [6.07, 6.45) is 1.81. The summed E-state index contributed by atoms with van der Waals surface area (Å²) in [5.74, 6) is -1.69. The Bertz CT molecular complexity index is 1010. The first-order chi connectivity index (χ1) is 14.6. The van der Waals surface area contributed by atoms with E-state index in [2.05, 4.69) is 10.2 Å². The Labute approximate surface area is 175 Å². The van der Waals surface area contributed by atoms with E-state index in [1.54, 1.807) is 6.07 Å². The summed E-state index contributed by atoms with van der Waals surface area (Å²) < 4.78 is 26.8. The zero-order valence-corrected chi connectivity index (χ0v) is 16.7. The molecular weight excluding hydrogens is 382 g/mol. The van der Waals surface area contributed by atoms with Crippen molar-refractivity contribution in [1.29, 1.82) is 0 Å². The molecule has 0 atom stereocenters. The number of nitrogens with one attached hydrogen (secondary N) is 1. The van der Waals surface area contributed by atoms with Gasteiger partial charge in [0, 0.05) is 31.2 Å². The molecule has 0 radical (unpaired) electrons. The zero-order valence-electron chi connectivity index (χ0n) is 16.7. The number of carbonyl (C=O) groups excluding carboxylic acids is 1. The van der Waals surface area contributed by atoms with Crippen molar-refractivity contribution in [2.45, 2.75) is 25.4 Å². The molecule has 5 heteroatoms. The van der Waals surface area contributed by atoms with Gasteiger partial charge in [-0.1, -0.05) is 42.5 Å². The highest BCUT2D eigenvalue weighted by Crippen LogP contribution is 2.24. The van der Waals surface area contributed by atoms with Crippen molar-refractivity contribution in [3.8, 4) is 11.1 Å². The molecule has 1 N–H and O–H groups in total. The zero-order chi connectivity index (χ0) is 20.9. The van der Waals surface area contributed by atoms with Crippen LogP contribution in [0.3, 0.4) is 0 Å². The van der Waals surface area contributed by atoms with Gasteiger partial charge in [-0.3, -0.25) is 9.69 Å². The predicted octanol–water partition coefficient (Wildman–Crippen LogP) is 5.03. The Morgan fingerprint density at radius 1 is 0.867 bits per heavy atom. The summed E-state index contributed by atoms with van der Waals surface area (Å²) in [6.45, 7) is 2.58. The normalized spacial score (nSPS) is 15.1. The van der Waals surface area contributed by atoms with Crippen molar-refractivity contribution >= 4 is 5.91 Å². The van der Waals surface area contributed by atoms with Crippen LogP contribution in [0.5, 0.6) is 0 Å². The number of halogens is 2. The second-order valence-electron chi connectivity index (χ2n) is 7.72. The minimum absolute atomic E-state index is 0.0201. The summed E-state index contributed by atoms with van der Waals surface area (Å²) in [4.78, 5) is 14.7. The molecule has 3 aromatic carbocycles. The molecule has 0 aliphatic carbocycles. The van der Waals surface area contributed by atoms with E-state index in [1.807, 2.05) is 54.6 Å². The molecule has 1 aliphatic rings. The Morgan fingerprint density at radius 3 is 2.33 bits per heavy atom. The Balaban J connectivity index is 1.33. The molecule has 3 nitrogen and oxygen atoms in total. The van der Waals surface area contributed by atoms with E-state index in [1.165, 1.54) is 6.07 Å². The third-order valence-electron chi connectivity index (χ3n) is 5.54. The fourth-order valence-corrected chi connectivity index (χ4v) is 3.88. The van der Waals surface area contributed by atoms with Gasteiger partial charge in [-0.2, -0.15) is 0 Å². The SMILES string of the molecule is O=C(NC1CCN(Cc2cccc(-c3ccc(F)c(F)c3)c2)CC1)c1ccccc1. The first kappa shape index (κ1) is 20.2. The molecule has 1 saturated heterocycles. The second-order valence-corrected chi connectivity index (χ2v) is 7.72. The lowest BCUT2D eigenvalue weighted by Gasteiger charge is -2.32. The first-order valence-electron chi connectivity index (χ1n) is 10.2. The average molecular weight is 406 g/mol. The van der Waals surface area contributed by atoms with Gasteiger partial charge in [0.1, 0.15) is 0 Å². The summed E-state index contributed by atoms with van der Waals surface area (Å²) in [7, 11) is 0. The first-order valence-corrected chi connectivity index (χ1v) is 10.2. The summed E-state index contributed by atoms with van der Waals surface area (Å²) in [6, 6.07) is 21.4. The van der Waals surface area contributed by atoms with E-state index in [-0.39, 0.29) is 11.9 Å². The van der Waals surface area contributed by atoms with Crippen molar-refractivity contribution < 1.29 is 13.6 Å². The molecule has 1 aliphatic heterocycles. The average Bonchev–Trinajstić information content (AvgIpc) is 2.78. The van der Waals surface area contributed by atoms with Gasteiger partial charge in [0.15, 0.2) is 11.6 Å². The fraction of sp³-hybridized carbons (Fsp3) is 0.240. The van der Waals surface area contributed by atoms with Crippen molar-refractivity contribution in [2.75, 3.05) is 13.1 Å². The van der Waals surface area contributed by atoms with Crippen LogP contribution in [-0.4, -0.2) is 29.9 Å². The largest absolute Gasteiger partial charge is 0.349 e. The van der Waals surface area contributed by atoms with E-state index in [0.717, 1.165) is 49.7 Å². The van der Waals surface area contributed by atoms with Crippen LogP contribution in [0.1, 0.15) is 28.8 Å². The topological polar surface area (TPSA) is 32.3 Å². The lowest BCUT2D eigenvalue weighted by Crippen LogP contribution is -2.44. The number of likely N-dealkylation sites (tertiary alicyclic amines) is 1. The van der Waals surface area contributed by atoms with Crippen LogP contribution in [-0.2, 0) is 6.54 Å². The third kappa shape index (κ3) is 4.92. The third-order valence-corrected chi connectivity index (χ3v) is 5.54. The van der Waals surface area contributed by atoms with Crippen LogP contribution in [0.4, 0.5) is 8.78 Å². The number of piperidine rings is 1. The summed E-state index contributed by atoms with van der Waals surface area (Å²) in [5.41, 5.74) is 3.35. The highest BCUT2D eigenvalue weighted by molar-refractivity contribution is 5.94. The maximum Gasteiger partial charge on any atom is 0.251 e. The van der Waals surface area contributed by atoms with Gasteiger partial charge in [0.05, 0.1) is 0 Å². The summed E-state index contributed by atoms with van der Waals surface area (Å²) >= 11 is 0. The van der Waals surface area contributed by atoms with Gasteiger partial charge in [-0.15, -0.1) is 0 Å². The molecule has 154 valence electrons. The molecule has 0 bridgehead atoms. The van der Waals surface area contributed by atoms with Crippen molar-refractivity contribution in [1.82, 2.24) is 10.2 Å². The predicted molar refractivity (Wildman–Crippen MR) is 114 cm³/mol. The fourth-order valence-electron chi connectivity index (χ4n) is 3.88. The number of hydrogen-bond acceptors (Lipinski definition) is 2. The van der Waals surface area contributed by atoms with E-state index in [0.29, 0.717) is 11.1 Å². The molecule has 3 aromatic rings.